The van der Waals surface area contributed by atoms with Crippen LogP contribution in [-0.2, 0) is 0 Å². The van der Waals surface area contributed by atoms with Crippen molar-refractivity contribution in [3.63, 3.8) is 0 Å². The van der Waals surface area contributed by atoms with Crippen LogP contribution < -0.4 is 4.90 Å². The van der Waals surface area contributed by atoms with E-state index in [0.717, 1.165) is 37.2 Å². The Bertz CT molecular complexity index is 465. The van der Waals surface area contributed by atoms with Gasteiger partial charge in [-0.1, -0.05) is 11.6 Å². The Morgan fingerprint density at radius 2 is 2.00 bits per heavy atom. The fourth-order valence-corrected chi connectivity index (χ4v) is 2.71. The first-order chi connectivity index (χ1) is 8.99. The van der Waals surface area contributed by atoms with Crippen LogP contribution in [0, 0.1) is 6.92 Å². The largest absolute Gasteiger partial charge is 0.478 e. The topological polar surface area (TPSA) is 43.8 Å². The highest BCUT2D eigenvalue weighted by atomic mass is 16.4. The van der Waals surface area contributed by atoms with E-state index >= 15 is 0 Å². The molecule has 0 saturated carbocycles. The van der Waals surface area contributed by atoms with Crippen LogP contribution >= 0.6 is 0 Å². The smallest absolute Gasteiger partial charge is 0.337 e. The van der Waals surface area contributed by atoms with Gasteiger partial charge in [-0.3, -0.25) is 0 Å². The molecule has 1 N–H and O–H groups in total. The van der Waals surface area contributed by atoms with Gasteiger partial charge in [0.15, 0.2) is 0 Å². The highest BCUT2D eigenvalue weighted by molar-refractivity contribution is 5.94. The van der Waals surface area contributed by atoms with Crippen LogP contribution in [-0.4, -0.2) is 49.2 Å². The minimum atomic E-state index is -0.849. The van der Waals surface area contributed by atoms with E-state index in [9.17, 15) is 9.90 Å². The number of carboxylic acid groups (broad SMARTS) is 1. The molecular weight excluding hydrogens is 240 g/mol. The number of aryl methyl sites for hydroxylation is 1. The Kier molecular flexibility index (Phi) is 4.10. The highest BCUT2D eigenvalue weighted by Crippen LogP contribution is 2.26. The van der Waals surface area contributed by atoms with E-state index in [0.29, 0.717) is 11.6 Å². The molecule has 0 bridgehead atoms. The molecule has 0 unspecified atom stereocenters. The monoisotopic (exact) mass is 262 g/mol. The molecule has 1 fully saturated rings. The first-order valence-electron chi connectivity index (χ1n) is 6.74. The molecule has 1 aromatic carbocycles. The molecular formula is C15H22N2O2. The van der Waals surface area contributed by atoms with Gasteiger partial charge < -0.3 is 14.9 Å². The Labute approximate surface area is 114 Å². The highest BCUT2D eigenvalue weighted by Gasteiger charge is 2.23. The molecule has 4 nitrogen and oxygen atoms in total. The van der Waals surface area contributed by atoms with Crippen molar-refractivity contribution in [1.29, 1.82) is 0 Å². The molecule has 0 aromatic heterocycles. The van der Waals surface area contributed by atoms with Crippen molar-refractivity contribution >= 4 is 11.7 Å². The molecule has 1 aliphatic rings. The summed E-state index contributed by atoms with van der Waals surface area (Å²) in [6, 6.07) is 6.09. The zero-order valence-corrected chi connectivity index (χ0v) is 11.9. The molecule has 0 atom stereocenters. The number of anilines is 1. The maximum Gasteiger partial charge on any atom is 0.337 e. The van der Waals surface area contributed by atoms with Gasteiger partial charge in [0.25, 0.3) is 0 Å². The predicted octanol–water partition coefficient (Wildman–Crippen LogP) is 2.22. The molecule has 1 aromatic rings. The minimum Gasteiger partial charge on any atom is -0.478 e. The number of carbonyl (C=O) groups is 1. The van der Waals surface area contributed by atoms with Crippen molar-refractivity contribution in [2.24, 2.45) is 0 Å². The summed E-state index contributed by atoms with van der Waals surface area (Å²) in [4.78, 5) is 15.8. The lowest BCUT2D eigenvalue weighted by Crippen LogP contribution is -2.42. The summed E-state index contributed by atoms with van der Waals surface area (Å²) in [6.45, 7) is 4.07. The van der Waals surface area contributed by atoms with Gasteiger partial charge in [-0.2, -0.15) is 0 Å². The van der Waals surface area contributed by atoms with E-state index in [1.54, 1.807) is 6.07 Å². The fourth-order valence-electron chi connectivity index (χ4n) is 2.71. The van der Waals surface area contributed by atoms with Gasteiger partial charge in [-0.05, 0) is 52.0 Å². The van der Waals surface area contributed by atoms with Gasteiger partial charge in [0.05, 0.1) is 11.3 Å². The summed E-state index contributed by atoms with van der Waals surface area (Å²) < 4.78 is 0. The standard InChI is InChI=1S/C15H22N2O2/c1-11-4-5-14(13(10-11)15(18)19)17(3)12-6-8-16(2)9-7-12/h4-5,10,12H,6-9H2,1-3H3,(H,18,19). The Balaban J connectivity index is 2.23. The van der Waals surface area contributed by atoms with E-state index in [4.69, 9.17) is 0 Å². The number of hydrogen-bond acceptors (Lipinski definition) is 3. The van der Waals surface area contributed by atoms with Gasteiger partial charge in [0.2, 0.25) is 0 Å². The molecule has 104 valence electrons. The van der Waals surface area contributed by atoms with E-state index in [-0.39, 0.29) is 0 Å². The van der Waals surface area contributed by atoms with Crippen molar-refractivity contribution in [3.05, 3.63) is 29.3 Å². The van der Waals surface area contributed by atoms with E-state index < -0.39 is 5.97 Å². The third-order valence-electron chi connectivity index (χ3n) is 4.00. The first kappa shape index (κ1) is 13.9. The number of hydrogen-bond donors (Lipinski definition) is 1. The van der Waals surface area contributed by atoms with Crippen LogP contribution in [0.5, 0.6) is 0 Å². The number of aromatic carboxylic acids is 1. The third kappa shape index (κ3) is 3.07. The summed E-state index contributed by atoms with van der Waals surface area (Å²) in [5.74, 6) is -0.849. The van der Waals surface area contributed by atoms with Crippen molar-refractivity contribution in [2.75, 3.05) is 32.1 Å². The second-order valence-electron chi connectivity index (χ2n) is 5.47. The number of carboxylic acids is 1. The van der Waals surface area contributed by atoms with Crippen molar-refractivity contribution < 1.29 is 9.90 Å². The van der Waals surface area contributed by atoms with Crippen molar-refractivity contribution in [1.82, 2.24) is 4.90 Å². The van der Waals surface area contributed by atoms with Crippen LogP contribution in [0.3, 0.4) is 0 Å². The molecule has 0 radical (unpaired) electrons. The molecule has 0 spiro atoms. The summed E-state index contributed by atoms with van der Waals surface area (Å²) in [6.07, 6.45) is 2.17. The van der Waals surface area contributed by atoms with Gasteiger partial charge in [0, 0.05) is 13.1 Å². The second-order valence-corrected chi connectivity index (χ2v) is 5.47. The first-order valence-corrected chi connectivity index (χ1v) is 6.74. The lowest BCUT2D eigenvalue weighted by Gasteiger charge is -2.37. The molecule has 19 heavy (non-hydrogen) atoms. The van der Waals surface area contributed by atoms with E-state index in [1.807, 2.05) is 26.1 Å². The average Bonchev–Trinajstić information content (AvgIpc) is 2.38. The van der Waals surface area contributed by atoms with E-state index in [2.05, 4.69) is 16.8 Å². The maximum absolute atomic E-state index is 11.4. The Morgan fingerprint density at radius 3 is 2.58 bits per heavy atom. The average molecular weight is 262 g/mol. The summed E-state index contributed by atoms with van der Waals surface area (Å²) >= 11 is 0. The molecule has 1 saturated heterocycles. The Hall–Kier alpha value is -1.55. The zero-order valence-electron chi connectivity index (χ0n) is 11.9. The lowest BCUT2D eigenvalue weighted by atomic mass is 10.0. The maximum atomic E-state index is 11.4. The third-order valence-corrected chi connectivity index (χ3v) is 4.00. The number of benzene rings is 1. The molecule has 1 heterocycles. The molecule has 0 aliphatic carbocycles. The van der Waals surface area contributed by atoms with Crippen LogP contribution in [0.15, 0.2) is 18.2 Å². The van der Waals surface area contributed by atoms with Gasteiger partial charge in [-0.15, -0.1) is 0 Å². The molecule has 2 rings (SSSR count). The van der Waals surface area contributed by atoms with E-state index in [1.165, 1.54) is 0 Å². The number of likely N-dealkylation sites (tertiary alicyclic amines) is 1. The SMILES string of the molecule is Cc1ccc(N(C)C2CCN(C)CC2)c(C(=O)O)c1. The fraction of sp³-hybridized carbons (Fsp3) is 0.533. The second kappa shape index (κ2) is 5.61. The Morgan fingerprint density at radius 1 is 1.37 bits per heavy atom. The van der Waals surface area contributed by atoms with Gasteiger partial charge in [0.1, 0.15) is 0 Å². The van der Waals surface area contributed by atoms with Gasteiger partial charge in [-0.25, -0.2) is 4.79 Å². The number of nitrogens with zero attached hydrogens (tertiary/aromatic N) is 2. The lowest BCUT2D eigenvalue weighted by molar-refractivity contribution is 0.0697. The summed E-state index contributed by atoms with van der Waals surface area (Å²) in [7, 11) is 4.14. The number of rotatable bonds is 3. The van der Waals surface area contributed by atoms with Crippen molar-refractivity contribution in [3.8, 4) is 0 Å². The summed E-state index contributed by atoms with van der Waals surface area (Å²) in [5.41, 5.74) is 2.21. The molecule has 4 heteroatoms. The molecule has 1 aliphatic heterocycles. The summed E-state index contributed by atoms with van der Waals surface area (Å²) in [5, 5.41) is 9.34. The van der Waals surface area contributed by atoms with Crippen LogP contribution in [0.4, 0.5) is 5.69 Å². The van der Waals surface area contributed by atoms with Crippen LogP contribution in [0.25, 0.3) is 0 Å². The quantitative estimate of drug-likeness (QED) is 0.907. The van der Waals surface area contributed by atoms with Gasteiger partial charge >= 0.3 is 5.97 Å². The predicted molar refractivity (Wildman–Crippen MR) is 77.1 cm³/mol. The normalized spacial score (nSPS) is 17.4. The zero-order chi connectivity index (χ0) is 14.0. The number of piperidine rings is 1. The van der Waals surface area contributed by atoms with Crippen LogP contribution in [0.2, 0.25) is 0 Å². The minimum absolute atomic E-state index is 0.404. The van der Waals surface area contributed by atoms with Crippen LogP contribution in [0.1, 0.15) is 28.8 Å². The van der Waals surface area contributed by atoms with Crippen molar-refractivity contribution in [2.45, 2.75) is 25.8 Å². The molecule has 0 amide bonds.